The monoisotopic (exact) mass is 272 g/mol. The van der Waals surface area contributed by atoms with E-state index in [9.17, 15) is 4.79 Å². The molecule has 0 spiro atoms. The third-order valence-corrected chi connectivity index (χ3v) is 3.57. The highest BCUT2D eigenvalue weighted by Gasteiger charge is 2.19. The molecule has 0 aliphatic heterocycles. The van der Waals surface area contributed by atoms with E-state index in [1.54, 1.807) is 14.2 Å². The Morgan fingerprint density at radius 1 is 1.30 bits per heavy atom. The van der Waals surface area contributed by atoms with Gasteiger partial charge in [0.25, 0.3) is 0 Å². The Hall–Kier alpha value is -2.07. The fourth-order valence-corrected chi connectivity index (χ4v) is 2.45. The van der Waals surface area contributed by atoms with Crippen LogP contribution in [0.1, 0.15) is 5.56 Å². The van der Waals surface area contributed by atoms with E-state index in [2.05, 4.69) is 11.4 Å². The number of hydrogen-bond acceptors (Lipinski definition) is 3. The first-order chi connectivity index (χ1) is 9.71. The molecule has 0 radical (unpaired) electrons. The van der Waals surface area contributed by atoms with Crippen molar-refractivity contribution in [1.29, 1.82) is 0 Å². The third-order valence-electron chi connectivity index (χ3n) is 3.57. The number of nitrogens with one attached hydrogen (secondary N) is 1. The van der Waals surface area contributed by atoms with Crippen LogP contribution in [-0.4, -0.2) is 26.6 Å². The maximum Gasteiger partial charge on any atom is 0.224 e. The first-order valence-corrected chi connectivity index (χ1v) is 6.67. The SMILES string of the molecule is CNC(=O)C(CN)Cc1c(OC)ccc2ccccc12. The van der Waals surface area contributed by atoms with Crippen LogP contribution in [0, 0.1) is 5.92 Å². The molecule has 1 unspecified atom stereocenters. The Bertz CT molecular complexity index is 610. The molecule has 106 valence electrons. The molecule has 0 saturated heterocycles. The number of carbonyl (C=O) groups excluding carboxylic acids is 1. The average Bonchev–Trinajstić information content (AvgIpc) is 2.51. The van der Waals surface area contributed by atoms with Crippen LogP contribution >= 0.6 is 0 Å². The van der Waals surface area contributed by atoms with Gasteiger partial charge in [0.1, 0.15) is 5.75 Å². The fraction of sp³-hybridized carbons (Fsp3) is 0.312. The lowest BCUT2D eigenvalue weighted by atomic mass is 9.93. The number of nitrogens with two attached hydrogens (primary N) is 1. The summed E-state index contributed by atoms with van der Waals surface area (Å²) in [6, 6.07) is 12.0. The van der Waals surface area contributed by atoms with Gasteiger partial charge in [-0.05, 0) is 23.3 Å². The van der Waals surface area contributed by atoms with Crippen molar-refractivity contribution in [2.75, 3.05) is 20.7 Å². The topological polar surface area (TPSA) is 64.4 Å². The molecule has 0 aromatic heterocycles. The van der Waals surface area contributed by atoms with Crippen LogP contribution in [0.5, 0.6) is 5.75 Å². The first-order valence-electron chi connectivity index (χ1n) is 6.67. The lowest BCUT2D eigenvalue weighted by Crippen LogP contribution is -2.34. The van der Waals surface area contributed by atoms with Crippen molar-refractivity contribution in [2.45, 2.75) is 6.42 Å². The molecule has 0 heterocycles. The molecule has 1 atom stereocenters. The van der Waals surface area contributed by atoms with Gasteiger partial charge < -0.3 is 15.8 Å². The van der Waals surface area contributed by atoms with Crippen LogP contribution in [-0.2, 0) is 11.2 Å². The maximum atomic E-state index is 11.9. The Balaban J connectivity index is 2.48. The molecule has 2 aromatic rings. The van der Waals surface area contributed by atoms with Gasteiger partial charge in [0.15, 0.2) is 0 Å². The van der Waals surface area contributed by atoms with Crippen molar-refractivity contribution in [3.05, 3.63) is 42.0 Å². The van der Waals surface area contributed by atoms with Gasteiger partial charge in [-0.1, -0.05) is 30.3 Å². The first kappa shape index (κ1) is 14.3. The molecule has 0 aliphatic rings. The Labute approximate surface area is 118 Å². The minimum absolute atomic E-state index is 0.0394. The zero-order valence-corrected chi connectivity index (χ0v) is 11.8. The zero-order valence-electron chi connectivity index (χ0n) is 11.8. The summed E-state index contributed by atoms with van der Waals surface area (Å²) in [5.74, 6) is 0.508. The number of methoxy groups -OCH3 is 1. The molecular weight excluding hydrogens is 252 g/mol. The Kier molecular flexibility index (Phi) is 4.58. The molecular formula is C16H20N2O2. The lowest BCUT2D eigenvalue weighted by molar-refractivity contribution is -0.124. The summed E-state index contributed by atoms with van der Waals surface area (Å²) in [5, 5.41) is 4.90. The number of rotatable bonds is 5. The number of fused-ring (bicyclic) bond motifs is 1. The van der Waals surface area contributed by atoms with Crippen LogP contribution in [0.2, 0.25) is 0 Å². The van der Waals surface area contributed by atoms with E-state index < -0.39 is 0 Å². The van der Waals surface area contributed by atoms with Gasteiger partial charge in [-0.15, -0.1) is 0 Å². The molecule has 20 heavy (non-hydrogen) atoms. The highest BCUT2D eigenvalue weighted by atomic mass is 16.5. The summed E-state index contributed by atoms with van der Waals surface area (Å²) in [4.78, 5) is 11.9. The van der Waals surface area contributed by atoms with E-state index >= 15 is 0 Å². The van der Waals surface area contributed by atoms with Crippen LogP contribution < -0.4 is 15.8 Å². The number of carbonyl (C=O) groups is 1. The highest BCUT2D eigenvalue weighted by Crippen LogP contribution is 2.30. The molecule has 4 nitrogen and oxygen atoms in total. The lowest BCUT2D eigenvalue weighted by Gasteiger charge is -2.17. The molecule has 1 amide bonds. The smallest absolute Gasteiger partial charge is 0.224 e. The minimum atomic E-state index is -0.250. The number of ether oxygens (including phenoxy) is 1. The van der Waals surface area contributed by atoms with Crippen LogP contribution in [0.25, 0.3) is 10.8 Å². The standard InChI is InChI=1S/C16H20N2O2/c1-18-16(19)12(10-17)9-14-13-6-4-3-5-11(13)7-8-15(14)20-2/h3-8,12H,9-10,17H2,1-2H3,(H,18,19). The predicted molar refractivity (Wildman–Crippen MR) is 80.8 cm³/mol. The van der Waals surface area contributed by atoms with Crippen molar-refractivity contribution >= 4 is 16.7 Å². The molecule has 4 heteroatoms. The molecule has 2 aromatic carbocycles. The van der Waals surface area contributed by atoms with Gasteiger partial charge in [-0.2, -0.15) is 0 Å². The quantitative estimate of drug-likeness (QED) is 0.871. The van der Waals surface area contributed by atoms with Gasteiger partial charge in [-0.3, -0.25) is 4.79 Å². The van der Waals surface area contributed by atoms with Crippen LogP contribution in [0.4, 0.5) is 0 Å². The summed E-state index contributed by atoms with van der Waals surface area (Å²) in [6.07, 6.45) is 0.570. The Morgan fingerprint density at radius 2 is 2.05 bits per heavy atom. The van der Waals surface area contributed by atoms with Crippen molar-refractivity contribution in [3.63, 3.8) is 0 Å². The van der Waals surface area contributed by atoms with Crippen molar-refractivity contribution in [2.24, 2.45) is 11.7 Å². The van der Waals surface area contributed by atoms with E-state index in [1.807, 2.05) is 30.3 Å². The van der Waals surface area contributed by atoms with Crippen molar-refractivity contribution in [1.82, 2.24) is 5.32 Å². The van der Waals surface area contributed by atoms with Gasteiger partial charge >= 0.3 is 0 Å². The van der Waals surface area contributed by atoms with E-state index in [1.165, 1.54) is 0 Å². The van der Waals surface area contributed by atoms with Gasteiger partial charge in [-0.25, -0.2) is 0 Å². The van der Waals surface area contributed by atoms with Crippen molar-refractivity contribution in [3.8, 4) is 5.75 Å². The van der Waals surface area contributed by atoms with E-state index in [4.69, 9.17) is 10.5 Å². The maximum absolute atomic E-state index is 11.9. The van der Waals surface area contributed by atoms with Gasteiger partial charge in [0.2, 0.25) is 5.91 Å². The molecule has 0 saturated carbocycles. The highest BCUT2D eigenvalue weighted by molar-refractivity contribution is 5.88. The number of benzene rings is 2. The van der Waals surface area contributed by atoms with E-state index in [-0.39, 0.29) is 11.8 Å². The second-order valence-corrected chi connectivity index (χ2v) is 4.72. The Morgan fingerprint density at radius 3 is 2.70 bits per heavy atom. The average molecular weight is 272 g/mol. The molecule has 2 rings (SSSR count). The summed E-state index contributed by atoms with van der Waals surface area (Å²) in [6.45, 7) is 0.312. The molecule has 0 fully saturated rings. The van der Waals surface area contributed by atoms with Gasteiger partial charge in [0.05, 0.1) is 13.0 Å². The zero-order chi connectivity index (χ0) is 14.5. The second-order valence-electron chi connectivity index (χ2n) is 4.72. The number of amides is 1. The molecule has 0 bridgehead atoms. The van der Waals surface area contributed by atoms with Crippen molar-refractivity contribution < 1.29 is 9.53 Å². The summed E-state index contributed by atoms with van der Waals surface area (Å²) >= 11 is 0. The minimum Gasteiger partial charge on any atom is -0.496 e. The fourth-order valence-electron chi connectivity index (χ4n) is 2.45. The third kappa shape index (κ3) is 2.75. The summed E-state index contributed by atoms with van der Waals surface area (Å²) in [5.41, 5.74) is 6.76. The number of hydrogen-bond donors (Lipinski definition) is 2. The second kappa shape index (κ2) is 6.39. The van der Waals surface area contributed by atoms with E-state index in [0.29, 0.717) is 13.0 Å². The summed E-state index contributed by atoms with van der Waals surface area (Å²) in [7, 11) is 3.27. The van der Waals surface area contributed by atoms with Gasteiger partial charge in [0, 0.05) is 19.2 Å². The normalized spacial score (nSPS) is 12.2. The summed E-state index contributed by atoms with van der Waals surface area (Å²) < 4.78 is 5.44. The predicted octanol–water partition coefficient (Wildman–Crippen LogP) is 1.71. The van der Waals surface area contributed by atoms with E-state index in [0.717, 1.165) is 22.1 Å². The largest absolute Gasteiger partial charge is 0.496 e. The van der Waals surface area contributed by atoms with Crippen LogP contribution in [0.15, 0.2) is 36.4 Å². The van der Waals surface area contributed by atoms with Crippen LogP contribution in [0.3, 0.4) is 0 Å². The molecule has 0 aliphatic carbocycles. The molecule has 3 N–H and O–H groups in total.